The number of nitrogens with zero attached hydrogens (tertiary/aromatic N) is 2. The van der Waals surface area contributed by atoms with Crippen LogP contribution in [0.15, 0.2) is 6.20 Å². The van der Waals surface area contributed by atoms with Crippen LogP contribution in [0.1, 0.15) is 17.9 Å². The summed E-state index contributed by atoms with van der Waals surface area (Å²) in [6.45, 7) is 3.33. The summed E-state index contributed by atoms with van der Waals surface area (Å²) in [6.07, 6.45) is 4.10. The maximum atomic E-state index is 8.99. The minimum atomic E-state index is 0.298. The Morgan fingerprint density at radius 3 is 3.33 bits per heavy atom. The van der Waals surface area contributed by atoms with Gasteiger partial charge < -0.3 is 9.67 Å². The quantitative estimate of drug-likeness (QED) is 0.668. The van der Waals surface area contributed by atoms with Crippen LogP contribution < -0.4 is 0 Å². The normalized spacial score (nSPS) is 22.3. The van der Waals surface area contributed by atoms with Crippen LogP contribution in [0.25, 0.3) is 0 Å². The van der Waals surface area contributed by atoms with E-state index in [0.717, 1.165) is 30.9 Å². The van der Waals surface area contributed by atoms with Gasteiger partial charge in [0.15, 0.2) is 0 Å². The van der Waals surface area contributed by atoms with Crippen molar-refractivity contribution in [1.29, 1.82) is 0 Å². The highest BCUT2D eigenvalue weighted by molar-refractivity contribution is 5.05. The van der Waals surface area contributed by atoms with Gasteiger partial charge in [-0.15, -0.1) is 0 Å². The fourth-order valence-corrected chi connectivity index (χ4v) is 1.79. The molecule has 0 aliphatic carbocycles. The molecule has 2 heterocycles. The molecule has 1 unspecified atom stereocenters. The molecule has 1 N–H and O–H groups in total. The van der Waals surface area contributed by atoms with Crippen LogP contribution in [0.3, 0.4) is 0 Å². The summed E-state index contributed by atoms with van der Waals surface area (Å²) >= 11 is 0. The summed E-state index contributed by atoms with van der Waals surface area (Å²) in [5.74, 6) is 1.57. The lowest BCUT2D eigenvalue weighted by molar-refractivity contribution is 0.199. The number of hydrogen-bond donors (Lipinski definition) is 1. The molecular formula is C9H14N2O. The summed E-state index contributed by atoms with van der Waals surface area (Å²) < 4.78 is 2.20. The second kappa shape index (κ2) is 2.90. The molecule has 0 saturated heterocycles. The number of rotatable bonds is 1. The van der Waals surface area contributed by atoms with E-state index in [9.17, 15) is 0 Å². The first-order valence-electron chi connectivity index (χ1n) is 4.43. The van der Waals surface area contributed by atoms with E-state index in [1.165, 1.54) is 0 Å². The van der Waals surface area contributed by atoms with E-state index in [1.54, 1.807) is 0 Å². The highest BCUT2D eigenvalue weighted by Gasteiger charge is 2.18. The fourth-order valence-electron chi connectivity index (χ4n) is 1.79. The van der Waals surface area contributed by atoms with Crippen molar-refractivity contribution in [3.8, 4) is 0 Å². The zero-order valence-corrected chi connectivity index (χ0v) is 7.32. The smallest absolute Gasteiger partial charge is 0.109 e. The van der Waals surface area contributed by atoms with Gasteiger partial charge in [0, 0.05) is 25.8 Å². The molecule has 0 fully saturated rings. The average Bonchev–Trinajstić information content (AvgIpc) is 2.43. The molecule has 1 aliphatic rings. The van der Waals surface area contributed by atoms with Gasteiger partial charge in [-0.2, -0.15) is 0 Å². The van der Waals surface area contributed by atoms with Gasteiger partial charge in [-0.05, 0) is 19.3 Å². The molecule has 0 aromatic carbocycles. The number of imidazole rings is 1. The van der Waals surface area contributed by atoms with E-state index in [2.05, 4.69) is 15.7 Å². The third-order valence-electron chi connectivity index (χ3n) is 2.49. The van der Waals surface area contributed by atoms with E-state index in [4.69, 9.17) is 5.11 Å². The lowest BCUT2D eigenvalue weighted by atomic mass is 9.99. The minimum Gasteiger partial charge on any atom is -0.396 e. The van der Waals surface area contributed by atoms with Crippen LogP contribution in [-0.2, 0) is 13.0 Å². The van der Waals surface area contributed by atoms with E-state index in [-0.39, 0.29) is 0 Å². The first-order valence-corrected chi connectivity index (χ1v) is 4.43. The molecule has 1 aromatic heterocycles. The first-order chi connectivity index (χ1) is 5.79. The lowest BCUT2D eigenvalue weighted by Crippen LogP contribution is -2.21. The molecule has 3 heteroatoms. The molecule has 1 atom stereocenters. The SMILES string of the molecule is Cc1cn2c(n1)CC(CO)CC2. The van der Waals surface area contributed by atoms with Crippen LogP contribution in [0.2, 0.25) is 0 Å². The zero-order valence-electron chi connectivity index (χ0n) is 7.32. The third kappa shape index (κ3) is 1.25. The molecule has 0 amide bonds. The van der Waals surface area contributed by atoms with Gasteiger partial charge in [-0.3, -0.25) is 0 Å². The Bertz CT molecular complexity index is 280. The number of fused-ring (bicyclic) bond motifs is 1. The number of aromatic nitrogens is 2. The molecular weight excluding hydrogens is 152 g/mol. The Balaban J connectivity index is 2.22. The van der Waals surface area contributed by atoms with Crippen LogP contribution in [-0.4, -0.2) is 21.3 Å². The predicted octanol–water partition coefficient (Wildman–Crippen LogP) is 0.746. The summed E-state index contributed by atoms with van der Waals surface area (Å²) in [4.78, 5) is 4.40. The van der Waals surface area contributed by atoms with Crippen LogP contribution in [0, 0.1) is 12.8 Å². The van der Waals surface area contributed by atoms with Crippen molar-refractivity contribution in [2.24, 2.45) is 5.92 Å². The van der Waals surface area contributed by atoms with Crippen molar-refractivity contribution in [1.82, 2.24) is 9.55 Å². The summed E-state index contributed by atoms with van der Waals surface area (Å²) in [5, 5.41) is 8.99. The van der Waals surface area contributed by atoms with E-state index < -0.39 is 0 Å². The summed E-state index contributed by atoms with van der Waals surface area (Å²) in [5.41, 5.74) is 1.09. The maximum Gasteiger partial charge on any atom is 0.109 e. The van der Waals surface area contributed by atoms with Crippen molar-refractivity contribution in [3.05, 3.63) is 17.7 Å². The third-order valence-corrected chi connectivity index (χ3v) is 2.49. The molecule has 1 aromatic rings. The molecule has 0 radical (unpaired) electrons. The first kappa shape index (κ1) is 7.80. The maximum absolute atomic E-state index is 8.99. The van der Waals surface area contributed by atoms with E-state index in [0.29, 0.717) is 12.5 Å². The number of aliphatic hydroxyl groups excluding tert-OH is 1. The van der Waals surface area contributed by atoms with Crippen LogP contribution >= 0.6 is 0 Å². The highest BCUT2D eigenvalue weighted by Crippen LogP contribution is 2.19. The Morgan fingerprint density at radius 2 is 2.58 bits per heavy atom. The topological polar surface area (TPSA) is 38.0 Å². The molecule has 0 spiro atoms. The number of hydrogen-bond acceptors (Lipinski definition) is 2. The molecule has 2 rings (SSSR count). The molecule has 66 valence electrons. The van der Waals surface area contributed by atoms with Gasteiger partial charge in [0.1, 0.15) is 5.82 Å². The Morgan fingerprint density at radius 1 is 1.75 bits per heavy atom. The Hall–Kier alpha value is -0.830. The largest absolute Gasteiger partial charge is 0.396 e. The second-order valence-corrected chi connectivity index (χ2v) is 3.53. The standard InChI is InChI=1S/C9H14N2O/c1-7-5-11-3-2-8(6-12)4-9(11)10-7/h5,8,12H,2-4,6H2,1H3. The van der Waals surface area contributed by atoms with Gasteiger partial charge in [-0.25, -0.2) is 4.98 Å². The molecule has 0 bridgehead atoms. The van der Waals surface area contributed by atoms with Gasteiger partial charge in [0.05, 0.1) is 5.69 Å². The van der Waals surface area contributed by atoms with Crippen molar-refractivity contribution < 1.29 is 5.11 Å². The van der Waals surface area contributed by atoms with Gasteiger partial charge >= 0.3 is 0 Å². The van der Waals surface area contributed by atoms with Crippen molar-refractivity contribution in [2.75, 3.05) is 6.61 Å². The second-order valence-electron chi connectivity index (χ2n) is 3.53. The van der Waals surface area contributed by atoms with Gasteiger partial charge in [0.25, 0.3) is 0 Å². The van der Waals surface area contributed by atoms with Gasteiger partial charge in [-0.1, -0.05) is 0 Å². The molecule has 1 aliphatic heterocycles. The summed E-state index contributed by atoms with van der Waals surface area (Å²) in [7, 11) is 0. The Kier molecular flexibility index (Phi) is 1.89. The summed E-state index contributed by atoms with van der Waals surface area (Å²) in [6, 6.07) is 0. The molecule has 12 heavy (non-hydrogen) atoms. The Labute approximate surface area is 72.0 Å². The van der Waals surface area contributed by atoms with Crippen LogP contribution in [0.5, 0.6) is 0 Å². The molecule has 0 saturated carbocycles. The predicted molar refractivity (Wildman–Crippen MR) is 45.9 cm³/mol. The monoisotopic (exact) mass is 166 g/mol. The van der Waals surface area contributed by atoms with E-state index >= 15 is 0 Å². The lowest BCUT2D eigenvalue weighted by Gasteiger charge is -2.20. The van der Waals surface area contributed by atoms with Crippen molar-refractivity contribution in [2.45, 2.75) is 26.3 Å². The zero-order chi connectivity index (χ0) is 8.55. The fraction of sp³-hybridized carbons (Fsp3) is 0.667. The van der Waals surface area contributed by atoms with E-state index in [1.807, 2.05) is 6.92 Å². The van der Waals surface area contributed by atoms with Crippen LogP contribution in [0.4, 0.5) is 0 Å². The number of aliphatic hydroxyl groups is 1. The van der Waals surface area contributed by atoms with Gasteiger partial charge in [0.2, 0.25) is 0 Å². The number of aryl methyl sites for hydroxylation is 2. The molecule has 3 nitrogen and oxygen atoms in total. The average molecular weight is 166 g/mol. The highest BCUT2D eigenvalue weighted by atomic mass is 16.3. The minimum absolute atomic E-state index is 0.298. The van der Waals surface area contributed by atoms with Crippen molar-refractivity contribution >= 4 is 0 Å². The van der Waals surface area contributed by atoms with Crippen molar-refractivity contribution in [3.63, 3.8) is 0 Å².